The maximum atomic E-state index is 13.9. The molecule has 0 fully saturated rings. The first-order valence-corrected chi connectivity index (χ1v) is 13.3. The number of esters is 1. The summed E-state index contributed by atoms with van der Waals surface area (Å²) in [6.07, 6.45) is 1.74. The first-order valence-electron chi connectivity index (χ1n) is 12.5. The number of allylic oxidation sites excluding steroid dienone is 1. The lowest BCUT2D eigenvalue weighted by Crippen LogP contribution is -2.39. The van der Waals surface area contributed by atoms with Gasteiger partial charge in [0.2, 0.25) is 5.75 Å². The maximum Gasteiger partial charge on any atom is 0.338 e. The second-order valence-corrected chi connectivity index (χ2v) is 9.97. The SMILES string of the molecule is CCOC(=O)C1=C(C)N=c2s/c(=C/c3ccc(OC)c(OC)c3OC)c(=O)n2[C@H]1c1ccc(OC(C)C)cc1. The summed E-state index contributed by atoms with van der Waals surface area (Å²) >= 11 is 1.23. The third kappa shape index (κ3) is 5.42. The lowest BCUT2D eigenvalue weighted by molar-refractivity contribution is -0.139. The summed E-state index contributed by atoms with van der Waals surface area (Å²) in [5, 5.41) is 0. The molecule has 0 unspecified atom stereocenters. The van der Waals surface area contributed by atoms with Gasteiger partial charge >= 0.3 is 5.97 Å². The Morgan fingerprint density at radius 1 is 1.05 bits per heavy atom. The van der Waals surface area contributed by atoms with Gasteiger partial charge in [-0.15, -0.1) is 0 Å². The molecule has 9 nitrogen and oxygen atoms in total. The van der Waals surface area contributed by atoms with Gasteiger partial charge in [-0.2, -0.15) is 0 Å². The summed E-state index contributed by atoms with van der Waals surface area (Å²) in [7, 11) is 4.59. The molecule has 0 aliphatic carbocycles. The number of carbonyl (C=O) groups is 1. The monoisotopic (exact) mass is 552 g/mol. The van der Waals surface area contributed by atoms with E-state index in [4.69, 9.17) is 23.7 Å². The first-order chi connectivity index (χ1) is 18.7. The fraction of sp³-hybridized carbons (Fsp3) is 0.345. The van der Waals surface area contributed by atoms with Crippen LogP contribution in [0.1, 0.15) is 44.9 Å². The van der Waals surface area contributed by atoms with Crippen molar-refractivity contribution in [2.24, 2.45) is 4.99 Å². The molecule has 1 aliphatic rings. The minimum absolute atomic E-state index is 0.0133. The molecular formula is C29H32N2O7S. The van der Waals surface area contributed by atoms with Crippen LogP contribution in [0.2, 0.25) is 0 Å². The zero-order chi connectivity index (χ0) is 28.3. The van der Waals surface area contributed by atoms with E-state index in [2.05, 4.69) is 4.99 Å². The van der Waals surface area contributed by atoms with Gasteiger partial charge in [-0.05, 0) is 63.6 Å². The van der Waals surface area contributed by atoms with E-state index in [0.717, 1.165) is 5.56 Å². The van der Waals surface area contributed by atoms with Crippen molar-refractivity contribution in [3.8, 4) is 23.0 Å². The summed E-state index contributed by atoms with van der Waals surface area (Å²) in [4.78, 5) is 32.1. The van der Waals surface area contributed by atoms with Gasteiger partial charge in [-0.3, -0.25) is 9.36 Å². The predicted octanol–water partition coefficient (Wildman–Crippen LogP) is 3.61. The Hall–Kier alpha value is -4.05. The van der Waals surface area contributed by atoms with Crippen LogP contribution in [-0.4, -0.2) is 44.6 Å². The number of hydrogen-bond acceptors (Lipinski definition) is 9. The Morgan fingerprint density at radius 3 is 2.33 bits per heavy atom. The van der Waals surface area contributed by atoms with E-state index in [1.165, 1.54) is 25.6 Å². The molecule has 0 bridgehead atoms. The number of rotatable bonds is 9. The number of benzene rings is 2. The van der Waals surface area contributed by atoms with E-state index in [1.54, 1.807) is 43.7 Å². The molecule has 1 atom stereocenters. The molecule has 0 N–H and O–H groups in total. The van der Waals surface area contributed by atoms with Crippen molar-refractivity contribution in [2.45, 2.75) is 39.8 Å². The second kappa shape index (κ2) is 11.8. The fourth-order valence-corrected chi connectivity index (χ4v) is 5.52. The zero-order valence-corrected chi connectivity index (χ0v) is 23.9. The Morgan fingerprint density at radius 2 is 1.74 bits per heavy atom. The highest BCUT2D eigenvalue weighted by Gasteiger charge is 2.33. The van der Waals surface area contributed by atoms with Crippen LogP contribution in [0.15, 0.2) is 57.5 Å². The van der Waals surface area contributed by atoms with Crippen molar-refractivity contribution in [1.82, 2.24) is 4.57 Å². The van der Waals surface area contributed by atoms with E-state index in [0.29, 0.717) is 49.2 Å². The van der Waals surface area contributed by atoms with Crippen LogP contribution in [0, 0.1) is 0 Å². The molecule has 0 saturated carbocycles. The number of methoxy groups -OCH3 is 3. The molecule has 10 heteroatoms. The molecule has 0 amide bonds. The van der Waals surface area contributed by atoms with Gasteiger partial charge in [-0.25, -0.2) is 9.79 Å². The standard InChI is InChI=1S/C29H32N2O7S/c1-8-37-28(33)23-17(4)30-29-31(24(23)18-9-12-20(13-10-18)38-16(2)3)27(32)22(39-29)15-19-11-14-21(34-5)26(36-7)25(19)35-6/h9-16,24H,8H2,1-7H3/b22-15+/t24-/m0/s1. The average molecular weight is 553 g/mol. The molecule has 1 aliphatic heterocycles. The molecule has 0 spiro atoms. The minimum Gasteiger partial charge on any atom is -0.493 e. The quantitative estimate of drug-likeness (QED) is 0.374. The van der Waals surface area contributed by atoms with Gasteiger partial charge in [0.25, 0.3) is 5.56 Å². The molecule has 1 aromatic heterocycles. The molecule has 3 aromatic rings. The Kier molecular flexibility index (Phi) is 8.44. The summed E-state index contributed by atoms with van der Waals surface area (Å²) in [5.74, 6) is 1.54. The van der Waals surface area contributed by atoms with Gasteiger partial charge in [0.05, 0.1) is 55.9 Å². The zero-order valence-electron chi connectivity index (χ0n) is 23.1. The van der Waals surface area contributed by atoms with E-state index in [9.17, 15) is 9.59 Å². The molecule has 0 saturated heterocycles. The van der Waals surface area contributed by atoms with Crippen LogP contribution in [0.25, 0.3) is 6.08 Å². The number of aromatic nitrogens is 1. The summed E-state index contributed by atoms with van der Waals surface area (Å²) < 4.78 is 29.6. The van der Waals surface area contributed by atoms with Gasteiger partial charge in [0, 0.05) is 5.56 Å². The molecule has 0 radical (unpaired) electrons. The van der Waals surface area contributed by atoms with Crippen molar-refractivity contribution in [1.29, 1.82) is 0 Å². The van der Waals surface area contributed by atoms with E-state index < -0.39 is 12.0 Å². The lowest BCUT2D eigenvalue weighted by Gasteiger charge is -2.25. The van der Waals surface area contributed by atoms with Crippen molar-refractivity contribution in [3.05, 3.63) is 78.5 Å². The number of hydrogen-bond donors (Lipinski definition) is 0. The predicted molar refractivity (Wildman–Crippen MR) is 149 cm³/mol. The van der Waals surface area contributed by atoms with Crippen LogP contribution in [0.4, 0.5) is 0 Å². The van der Waals surface area contributed by atoms with Crippen LogP contribution in [-0.2, 0) is 9.53 Å². The largest absolute Gasteiger partial charge is 0.493 e. The number of carbonyl (C=O) groups excluding carboxylic acids is 1. The summed E-state index contributed by atoms with van der Waals surface area (Å²) in [6, 6.07) is 10.2. The highest BCUT2D eigenvalue weighted by atomic mass is 32.1. The van der Waals surface area contributed by atoms with Crippen molar-refractivity contribution >= 4 is 23.4 Å². The van der Waals surface area contributed by atoms with Crippen LogP contribution < -0.4 is 33.8 Å². The normalized spacial score (nSPS) is 15.1. The van der Waals surface area contributed by atoms with Crippen molar-refractivity contribution in [3.63, 3.8) is 0 Å². The lowest BCUT2D eigenvalue weighted by atomic mass is 9.96. The molecule has 4 rings (SSSR count). The van der Waals surface area contributed by atoms with Crippen molar-refractivity contribution in [2.75, 3.05) is 27.9 Å². The Balaban J connectivity index is 1.93. The molecular weight excluding hydrogens is 520 g/mol. The summed E-state index contributed by atoms with van der Waals surface area (Å²) in [6.45, 7) is 7.60. The molecule has 206 valence electrons. The smallest absolute Gasteiger partial charge is 0.338 e. The number of fused-ring (bicyclic) bond motifs is 1. The molecule has 2 aromatic carbocycles. The topological polar surface area (TPSA) is 97.6 Å². The highest BCUT2D eigenvalue weighted by Crippen LogP contribution is 2.40. The summed E-state index contributed by atoms with van der Waals surface area (Å²) in [5.41, 5.74) is 1.89. The second-order valence-electron chi connectivity index (χ2n) is 8.96. The van der Waals surface area contributed by atoms with Gasteiger partial charge in [0.1, 0.15) is 5.75 Å². The third-order valence-electron chi connectivity index (χ3n) is 6.11. The van der Waals surface area contributed by atoms with E-state index >= 15 is 0 Å². The number of ether oxygens (including phenoxy) is 5. The van der Waals surface area contributed by atoms with Gasteiger partial charge in [-0.1, -0.05) is 23.5 Å². The Labute approximate surface area is 230 Å². The van der Waals surface area contributed by atoms with Crippen LogP contribution >= 0.6 is 11.3 Å². The number of thiazole rings is 1. The average Bonchev–Trinajstić information content (AvgIpc) is 3.21. The van der Waals surface area contributed by atoms with Gasteiger partial charge in [0.15, 0.2) is 16.3 Å². The third-order valence-corrected chi connectivity index (χ3v) is 7.09. The molecule has 39 heavy (non-hydrogen) atoms. The van der Waals surface area contributed by atoms with Crippen LogP contribution in [0.5, 0.6) is 23.0 Å². The highest BCUT2D eigenvalue weighted by molar-refractivity contribution is 7.07. The maximum absolute atomic E-state index is 13.9. The molecule has 2 heterocycles. The minimum atomic E-state index is -0.720. The first kappa shape index (κ1) is 28.0. The van der Waals surface area contributed by atoms with Crippen LogP contribution in [0.3, 0.4) is 0 Å². The number of nitrogens with zero attached hydrogens (tertiary/aromatic N) is 2. The van der Waals surface area contributed by atoms with E-state index in [-0.39, 0.29) is 18.3 Å². The van der Waals surface area contributed by atoms with Gasteiger partial charge < -0.3 is 23.7 Å². The van der Waals surface area contributed by atoms with Crippen molar-refractivity contribution < 1.29 is 28.5 Å². The Bertz CT molecular complexity index is 1580. The van der Waals surface area contributed by atoms with E-state index in [1.807, 2.05) is 38.1 Å². The fourth-order valence-electron chi connectivity index (χ4n) is 4.49.